The van der Waals surface area contributed by atoms with Crippen LogP contribution < -0.4 is 14.8 Å². The standard InChI is InChI=1S/C25H32N2O4/c1-30-23-8-7-20(13-24(23)31-2)21-14-22(21)26-15-17-9-11-27(12-10-17)16-18-3-5-19(6-4-18)25(28)29/h3-8,13,17,21-22,26H,9-12,14-16H2,1-2H3,(H,28,29)/t21-,22+/m0/s1. The van der Waals surface area contributed by atoms with Crippen LogP contribution in [0.2, 0.25) is 0 Å². The number of likely N-dealkylation sites (tertiary alicyclic amines) is 1. The number of carbonyl (C=O) groups is 1. The molecule has 4 rings (SSSR count). The maximum atomic E-state index is 11.0. The number of methoxy groups -OCH3 is 2. The average molecular weight is 425 g/mol. The first-order valence-electron chi connectivity index (χ1n) is 11.1. The molecule has 6 heteroatoms. The van der Waals surface area contributed by atoms with Crippen LogP contribution in [0.4, 0.5) is 0 Å². The third kappa shape index (κ3) is 5.38. The molecule has 2 aliphatic rings. The van der Waals surface area contributed by atoms with Crippen molar-refractivity contribution in [1.82, 2.24) is 10.2 Å². The summed E-state index contributed by atoms with van der Waals surface area (Å²) in [5.41, 5.74) is 2.84. The van der Waals surface area contributed by atoms with Gasteiger partial charge in [-0.3, -0.25) is 4.90 Å². The molecule has 1 aliphatic carbocycles. The molecule has 1 heterocycles. The van der Waals surface area contributed by atoms with E-state index in [4.69, 9.17) is 14.6 Å². The highest BCUT2D eigenvalue weighted by Gasteiger charge is 2.38. The second-order valence-electron chi connectivity index (χ2n) is 8.69. The maximum absolute atomic E-state index is 11.0. The highest BCUT2D eigenvalue weighted by atomic mass is 16.5. The molecule has 0 unspecified atom stereocenters. The topological polar surface area (TPSA) is 71.0 Å². The Morgan fingerprint density at radius 1 is 1.06 bits per heavy atom. The smallest absolute Gasteiger partial charge is 0.335 e. The molecule has 1 aliphatic heterocycles. The van der Waals surface area contributed by atoms with E-state index in [1.54, 1.807) is 26.4 Å². The first-order chi connectivity index (χ1) is 15.1. The zero-order valence-electron chi connectivity index (χ0n) is 18.3. The Labute approximate surface area is 184 Å². The number of ether oxygens (including phenoxy) is 2. The van der Waals surface area contributed by atoms with Gasteiger partial charge in [0.25, 0.3) is 0 Å². The van der Waals surface area contributed by atoms with E-state index >= 15 is 0 Å². The number of benzene rings is 2. The van der Waals surface area contributed by atoms with Gasteiger partial charge in [0.05, 0.1) is 19.8 Å². The van der Waals surface area contributed by atoms with Crippen LogP contribution in [-0.4, -0.2) is 55.9 Å². The average Bonchev–Trinajstić information content (AvgIpc) is 3.58. The van der Waals surface area contributed by atoms with Gasteiger partial charge in [-0.2, -0.15) is 0 Å². The highest BCUT2D eigenvalue weighted by Crippen LogP contribution is 2.43. The van der Waals surface area contributed by atoms with Crippen LogP contribution in [0.3, 0.4) is 0 Å². The van der Waals surface area contributed by atoms with E-state index in [9.17, 15) is 4.79 Å². The number of piperidine rings is 1. The van der Waals surface area contributed by atoms with Crippen molar-refractivity contribution in [2.75, 3.05) is 33.9 Å². The highest BCUT2D eigenvalue weighted by molar-refractivity contribution is 5.87. The summed E-state index contributed by atoms with van der Waals surface area (Å²) in [6.07, 6.45) is 3.59. The molecule has 31 heavy (non-hydrogen) atoms. The van der Waals surface area contributed by atoms with Gasteiger partial charge in [-0.1, -0.05) is 18.2 Å². The summed E-state index contributed by atoms with van der Waals surface area (Å²) in [7, 11) is 3.35. The number of carboxylic acid groups (broad SMARTS) is 1. The van der Waals surface area contributed by atoms with Crippen molar-refractivity contribution in [3.05, 3.63) is 59.2 Å². The number of nitrogens with one attached hydrogen (secondary N) is 1. The van der Waals surface area contributed by atoms with Gasteiger partial charge in [0, 0.05) is 18.5 Å². The van der Waals surface area contributed by atoms with Crippen LogP contribution in [-0.2, 0) is 6.54 Å². The predicted molar refractivity (Wildman–Crippen MR) is 120 cm³/mol. The summed E-state index contributed by atoms with van der Waals surface area (Å²) in [6.45, 7) is 4.16. The monoisotopic (exact) mass is 424 g/mol. The van der Waals surface area contributed by atoms with Crippen molar-refractivity contribution in [3.63, 3.8) is 0 Å². The third-order valence-electron chi connectivity index (χ3n) is 6.61. The fourth-order valence-electron chi connectivity index (χ4n) is 4.55. The number of nitrogens with zero attached hydrogens (tertiary/aromatic N) is 1. The fourth-order valence-corrected chi connectivity index (χ4v) is 4.55. The van der Waals surface area contributed by atoms with Crippen LogP contribution in [0.25, 0.3) is 0 Å². The van der Waals surface area contributed by atoms with E-state index < -0.39 is 5.97 Å². The minimum atomic E-state index is -0.871. The molecule has 2 atom stereocenters. The normalized spacial score (nSPS) is 21.6. The Hall–Kier alpha value is -2.57. The second kappa shape index (κ2) is 9.71. The van der Waals surface area contributed by atoms with Crippen LogP contribution in [0.5, 0.6) is 11.5 Å². The van der Waals surface area contributed by atoms with Gasteiger partial charge in [0.2, 0.25) is 0 Å². The lowest BCUT2D eigenvalue weighted by molar-refractivity contribution is 0.0697. The minimum Gasteiger partial charge on any atom is -0.493 e. The largest absolute Gasteiger partial charge is 0.493 e. The second-order valence-corrected chi connectivity index (χ2v) is 8.69. The Balaban J connectivity index is 1.19. The van der Waals surface area contributed by atoms with Gasteiger partial charge in [-0.05, 0) is 80.2 Å². The van der Waals surface area contributed by atoms with E-state index in [-0.39, 0.29) is 0 Å². The molecule has 0 spiro atoms. The van der Waals surface area contributed by atoms with Crippen molar-refractivity contribution in [2.24, 2.45) is 5.92 Å². The fraction of sp³-hybridized carbons (Fsp3) is 0.480. The summed E-state index contributed by atoms with van der Waals surface area (Å²) < 4.78 is 10.8. The molecule has 0 amide bonds. The third-order valence-corrected chi connectivity index (χ3v) is 6.61. The van der Waals surface area contributed by atoms with E-state index in [1.165, 1.54) is 30.4 Å². The van der Waals surface area contributed by atoms with Crippen LogP contribution in [0, 0.1) is 5.92 Å². The van der Waals surface area contributed by atoms with Gasteiger partial charge < -0.3 is 19.9 Å². The van der Waals surface area contributed by atoms with E-state index in [1.807, 2.05) is 18.2 Å². The van der Waals surface area contributed by atoms with Gasteiger partial charge in [-0.25, -0.2) is 4.79 Å². The molecular weight excluding hydrogens is 392 g/mol. The van der Waals surface area contributed by atoms with Crippen molar-refractivity contribution in [1.29, 1.82) is 0 Å². The van der Waals surface area contributed by atoms with Gasteiger partial charge in [0.15, 0.2) is 11.5 Å². The number of carboxylic acids is 1. The predicted octanol–water partition coefficient (Wildman–Crippen LogP) is 3.76. The Bertz CT molecular complexity index is 891. The van der Waals surface area contributed by atoms with Crippen molar-refractivity contribution in [2.45, 2.75) is 37.8 Å². The van der Waals surface area contributed by atoms with E-state index in [2.05, 4.69) is 22.3 Å². The lowest BCUT2D eigenvalue weighted by Gasteiger charge is -2.32. The molecule has 6 nitrogen and oxygen atoms in total. The zero-order valence-corrected chi connectivity index (χ0v) is 18.3. The lowest BCUT2D eigenvalue weighted by atomic mass is 9.96. The summed E-state index contributed by atoms with van der Waals surface area (Å²) in [5, 5.41) is 12.8. The number of aromatic carboxylic acids is 1. The molecule has 0 aromatic heterocycles. The summed E-state index contributed by atoms with van der Waals surface area (Å²) in [6, 6.07) is 14.1. The lowest BCUT2D eigenvalue weighted by Crippen LogP contribution is -2.37. The molecule has 1 saturated heterocycles. The van der Waals surface area contributed by atoms with Crippen molar-refractivity contribution < 1.29 is 19.4 Å². The van der Waals surface area contributed by atoms with Crippen LogP contribution in [0.15, 0.2) is 42.5 Å². The molecule has 0 radical (unpaired) electrons. The molecule has 1 saturated carbocycles. The van der Waals surface area contributed by atoms with Gasteiger partial charge >= 0.3 is 5.97 Å². The van der Waals surface area contributed by atoms with Crippen LogP contribution >= 0.6 is 0 Å². The quantitative estimate of drug-likeness (QED) is 0.639. The van der Waals surface area contributed by atoms with Gasteiger partial charge in [-0.15, -0.1) is 0 Å². The maximum Gasteiger partial charge on any atom is 0.335 e. The Kier molecular flexibility index (Phi) is 6.78. The molecule has 2 fully saturated rings. The number of hydrogen-bond acceptors (Lipinski definition) is 5. The summed E-state index contributed by atoms with van der Waals surface area (Å²) >= 11 is 0. The number of hydrogen-bond donors (Lipinski definition) is 2. The van der Waals surface area contributed by atoms with Gasteiger partial charge in [0.1, 0.15) is 0 Å². The molecule has 2 aromatic carbocycles. The van der Waals surface area contributed by atoms with Crippen molar-refractivity contribution in [3.8, 4) is 11.5 Å². The first kappa shape index (κ1) is 21.7. The first-order valence-corrected chi connectivity index (χ1v) is 11.1. The van der Waals surface area contributed by atoms with Crippen molar-refractivity contribution >= 4 is 5.97 Å². The van der Waals surface area contributed by atoms with Crippen LogP contribution in [0.1, 0.15) is 46.7 Å². The zero-order chi connectivity index (χ0) is 21.8. The number of rotatable bonds is 9. The Morgan fingerprint density at radius 3 is 2.42 bits per heavy atom. The molecular formula is C25H32N2O4. The SMILES string of the molecule is COc1ccc([C@@H]2C[C@H]2NCC2CCN(Cc3ccc(C(=O)O)cc3)CC2)cc1OC. The molecule has 0 bridgehead atoms. The Morgan fingerprint density at radius 2 is 1.77 bits per heavy atom. The summed E-state index contributed by atoms with van der Waals surface area (Å²) in [4.78, 5) is 13.4. The summed E-state index contributed by atoms with van der Waals surface area (Å²) in [5.74, 6) is 1.99. The minimum absolute atomic E-state index is 0.347. The molecule has 166 valence electrons. The molecule has 2 aromatic rings. The van der Waals surface area contributed by atoms with E-state index in [0.717, 1.165) is 43.6 Å². The van der Waals surface area contributed by atoms with E-state index in [0.29, 0.717) is 17.5 Å². The molecule has 2 N–H and O–H groups in total.